The molecule has 0 radical (unpaired) electrons. The van der Waals surface area contributed by atoms with Crippen LogP contribution in [0.2, 0.25) is 5.02 Å². The average Bonchev–Trinajstić information content (AvgIpc) is 3.37. The van der Waals surface area contributed by atoms with Crippen molar-refractivity contribution in [2.24, 2.45) is 0 Å². The highest BCUT2D eigenvalue weighted by Gasteiger charge is 2.16. The van der Waals surface area contributed by atoms with E-state index in [9.17, 15) is 13.8 Å². The number of halogens is 1. The van der Waals surface area contributed by atoms with E-state index in [0.717, 1.165) is 10.4 Å². The lowest BCUT2D eigenvalue weighted by Crippen LogP contribution is -2.34. The first-order valence-electron chi connectivity index (χ1n) is 8.91. The first kappa shape index (κ1) is 21.2. The molecule has 158 valence electrons. The maximum absolute atomic E-state index is 12.6. The van der Waals surface area contributed by atoms with E-state index < -0.39 is 23.0 Å². The Kier molecular flexibility index (Phi) is 6.14. The number of aromatic nitrogens is 2. The smallest absolute Gasteiger partial charge is 0.324 e. The largest absolute Gasteiger partial charge is 0.327 e. The number of nitrogens with zero attached hydrogens (tertiary/aromatic N) is 2. The lowest BCUT2D eigenvalue weighted by molar-refractivity contribution is 0.0967. The Labute approximate surface area is 188 Å². The predicted molar refractivity (Wildman–Crippen MR) is 121 cm³/mol. The molecule has 0 saturated heterocycles. The van der Waals surface area contributed by atoms with Gasteiger partial charge < -0.3 is 9.12 Å². The summed E-state index contributed by atoms with van der Waals surface area (Å²) in [4.78, 5) is 29.2. The summed E-state index contributed by atoms with van der Waals surface area (Å²) < 4.78 is 22.6. The van der Waals surface area contributed by atoms with Crippen LogP contribution in [0.25, 0.3) is 15.9 Å². The van der Waals surface area contributed by atoms with Crippen molar-refractivity contribution in [1.82, 2.24) is 14.9 Å². The maximum Gasteiger partial charge on any atom is 0.327 e. The normalized spacial score (nSPS) is 11.9. The Hall–Kier alpha value is -3.05. The fourth-order valence-electron chi connectivity index (χ4n) is 2.91. The number of imide groups is 1. The molecule has 31 heavy (non-hydrogen) atoms. The fraction of sp³-hybridized carbons (Fsp3) is 0.0500. The third-order valence-corrected chi connectivity index (χ3v) is 6.13. The summed E-state index contributed by atoms with van der Waals surface area (Å²) in [5.41, 5.74) is 2.20. The van der Waals surface area contributed by atoms with E-state index in [1.165, 1.54) is 11.3 Å². The van der Waals surface area contributed by atoms with Crippen LogP contribution >= 0.6 is 22.9 Å². The third-order valence-electron chi connectivity index (χ3n) is 4.29. The minimum Gasteiger partial charge on any atom is -0.324 e. The molecule has 2 aromatic carbocycles. The van der Waals surface area contributed by atoms with Gasteiger partial charge in [0.05, 0.1) is 26.6 Å². The van der Waals surface area contributed by atoms with Gasteiger partial charge in [0.2, 0.25) is 0 Å². The number of nitrogens with one attached hydrogen (secondary N) is 2. The van der Waals surface area contributed by atoms with Crippen LogP contribution in [0, 0.1) is 0 Å². The third kappa shape index (κ3) is 5.00. The van der Waals surface area contributed by atoms with Gasteiger partial charge in [-0.25, -0.2) is 14.0 Å². The summed E-state index contributed by atoms with van der Waals surface area (Å²) in [5.74, 6) is -0.639. The van der Waals surface area contributed by atoms with E-state index >= 15 is 0 Å². The molecule has 4 aromatic rings. The van der Waals surface area contributed by atoms with E-state index in [-0.39, 0.29) is 21.5 Å². The van der Waals surface area contributed by atoms with Crippen LogP contribution in [0.1, 0.15) is 15.9 Å². The number of thiazole rings is 1. The first-order valence-corrected chi connectivity index (χ1v) is 11.4. The molecule has 0 spiro atoms. The van der Waals surface area contributed by atoms with Gasteiger partial charge in [-0.3, -0.25) is 15.4 Å². The predicted octanol–water partition coefficient (Wildman–Crippen LogP) is 4.42. The van der Waals surface area contributed by atoms with Gasteiger partial charge >= 0.3 is 6.03 Å². The molecule has 11 heteroatoms. The highest BCUT2D eigenvalue weighted by molar-refractivity contribution is 7.78. The van der Waals surface area contributed by atoms with Crippen molar-refractivity contribution in [3.63, 3.8) is 0 Å². The van der Waals surface area contributed by atoms with Crippen molar-refractivity contribution in [3.8, 4) is 5.69 Å². The summed E-state index contributed by atoms with van der Waals surface area (Å²) >= 11 is 5.39. The van der Waals surface area contributed by atoms with Gasteiger partial charge in [0.25, 0.3) is 5.91 Å². The van der Waals surface area contributed by atoms with Crippen LogP contribution in [0.3, 0.4) is 0 Å². The number of fused-ring (bicyclic) bond motifs is 1. The molecular weight excluding hydrogens is 460 g/mol. The monoisotopic (exact) mass is 474 g/mol. The molecule has 1 atom stereocenters. The van der Waals surface area contributed by atoms with Gasteiger partial charge in [-0.1, -0.05) is 29.0 Å². The highest BCUT2D eigenvalue weighted by Crippen LogP contribution is 2.27. The lowest BCUT2D eigenvalue weighted by Gasteiger charge is -2.09. The van der Waals surface area contributed by atoms with Gasteiger partial charge in [0, 0.05) is 18.1 Å². The summed E-state index contributed by atoms with van der Waals surface area (Å²) in [6.07, 6.45) is 3.66. The molecular formula is C20H15ClN4O4S2. The molecule has 4 rings (SSSR count). The SMILES string of the molecule is O=C(NC(=O)c1cc(-n2cccc2)ccc1Cl)Nc1nc2ccc(CS(=O)O)cc2s1. The van der Waals surface area contributed by atoms with E-state index in [1.807, 2.05) is 29.1 Å². The Morgan fingerprint density at radius 3 is 2.68 bits per heavy atom. The van der Waals surface area contributed by atoms with Crippen LogP contribution in [-0.2, 0) is 16.8 Å². The number of urea groups is 1. The van der Waals surface area contributed by atoms with E-state index in [1.54, 1.807) is 36.4 Å². The zero-order valence-electron chi connectivity index (χ0n) is 15.7. The number of rotatable bonds is 5. The zero-order valence-corrected chi connectivity index (χ0v) is 18.1. The fourth-order valence-corrected chi connectivity index (χ4v) is 4.50. The zero-order chi connectivity index (χ0) is 22.0. The van der Waals surface area contributed by atoms with Crippen molar-refractivity contribution in [1.29, 1.82) is 0 Å². The molecule has 2 heterocycles. The molecule has 0 saturated carbocycles. The van der Waals surface area contributed by atoms with Gasteiger partial charge in [-0.2, -0.15) is 0 Å². The molecule has 0 bridgehead atoms. The maximum atomic E-state index is 12.6. The molecule has 2 aromatic heterocycles. The van der Waals surface area contributed by atoms with Crippen molar-refractivity contribution in [3.05, 3.63) is 77.1 Å². The number of hydrogen-bond acceptors (Lipinski definition) is 5. The first-order chi connectivity index (χ1) is 14.9. The summed E-state index contributed by atoms with van der Waals surface area (Å²) in [6, 6.07) is 13.0. The van der Waals surface area contributed by atoms with E-state index in [0.29, 0.717) is 11.1 Å². The Morgan fingerprint density at radius 2 is 1.94 bits per heavy atom. The minimum atomic E-state index is -1.95. The average molecular weight is 475 g/mol. The minimum absolute atomic E-state index is 0.00836. The number of anilines is 1. The molecule has 8 nitrogen and oxygen atoms in total. The van der Waals surface area contributed by atoms with Gasteiger partial charge in [0.1, 0.15) is 0 Å². The summed E-state index contributed by atoms with van der Waals surface area (Å²) in [6.45, 7) is 0. The van der Waals surface area contributed by atoms with Crippen LogP contribution in [0.5, 0.6) is 0 Å². The van der Waals surface area contributed by atoms with Crippen molar-refractivity contribution in [2.45, 2.75) is 5.75 Å². The van der Waals surface area contributed by atoms with Gasteiger partial charge in [0.15, 0.2) is 16.2 Å². The molecule has 0 aliphatic rings. The van der Waals surface area contributed by atoms with Gasteiger partial charge in [-0.15, -0.1) is 0 Å². The Morgan fingerprint density at radius 1 is 1.16 bits per heavy atom. The Bertz CT molecular complexity index is 1300. The number of hydrogen-bond donors (Lipinski definition) is 3. The Balaban J connectivity index is 1.47. The van der Waals surface area contributed by atoms with E-state index in [4.69, 9.17) is 16.2 Å². The molecule has 0 fully saturated rings. The quantitative estimate of drug-likeness (QED) is 0.370. The van der Waals surface area contributed by atoms with Crippen molar-refractivity contribution in [2.75, 3.05) is 5.32 Å². The van der Waals surface area contributed by atoms with Crippen LogP contribution in [0.15, 0.2) is 60.9 Å². The van der Waals surface area contributed by atoms with Crippen LogP contribution in [-0.4, -0.2) is 30.3 Å². The molecule has 0 aliphatic heterocycles. The molecule has 0 aliphatic carbocycles. The standard InChI is InChI=1S/C20H15ClN4O4S2/c21-15-5-4-13(25-7-1-2-8-25)10-14(15)18(26)23-19(27)24-20-22-16-6-3-12(11-31(28)29)9-17(16)30-20/h1-10H,11H2,(H,28,29)(H2,22,23,24,26,27). The number of benzene rings is 2. The molecule has 1 unspecified atom stereocenters. The van der Waals surface area contributed by atoms with Gasteiger partial charge in [-0.05, 0) is 48.0 Å². The number of amides is 3. The topological polar surface area (TPSA) is 113 Å². The summed E-state index contributed by atoms with van der Waals surface area (Å²) in [5, 5.41) is 5.29. The molecule has 3 N–H and O–H groups in total. The van der Waals surface area contributed by atoms with E-state index in [2.05, 4.69) is 15.6 Å². The number of carbonyl (C=O) groups is 2. The summed E-state index contributed by atoms with van der Waals surface area (Å²) in [7, 11) is 0. The highest BCUT2D eigenvalue weighted by atomic mass is 35.5. The second-order valence-electron chi connectivity index (χ2n) is 6.45. The second kappa shape index (κ2) is 8.98. The second-order valence-corrected chi connectivity index (χ2v) is 8.82. The van der Waals surface area contributed by atoms with Crippen molar-refractivity contribution < 1.29 is 18.4 Å². The van der Waals surface area contributed by atoms with Crippen LogP contribution < -0.4 is 10.6 Å². The number of carbonyl (C=O) groups excluding carboxylic acids is 2. The lowest BCUT2D eigenvalue weighted by atomic mass is 10.2. The van der Waals surface area contributed by atoms with Crippen LogP contribution in [0.4, 0.5) is 9.93 Å². The molecule has 3 amide bonds. The van der Waals surface area contributed by atoms with Crippen molar-refractivity contribution >= 4 is 61.3 Å².